The molecule has 0 saturated carbocycles. The molecular formula is C9H12N4O. The number of carbonyl (C=O) groups excluding carboxylic acids is 1. The first-order valence-corrected chi connectivity index (χ1v) is 4.19. The lowest BCUT2D eigenvalue weighted by Crippen LogP contribution is -2.22. The van der Waals surface area contributed by atoms with Gasteiger partial charge in [0.1, 0.15) is 0 Å². The van der Waals surface area contributed by atoms with Gasteiger partial charge in [0.05, 0.1) is 0 Å². The highest BCUT2D eigenvalue weighted by Crippen LogP contribution is 1.94. The molecule has 1 aromatic rings. The van der Waals surface area contributed by atoms with Gasteiger partial charge in [0.15, 0.2) is 0 Å². The first kappa shape index (κ1) is 10.3. The molecule has 0 aromatic carbocycles. The summed E-state index contributed by atoms with van der Waals surface area (Å²) in [5.41, 5.74) is 8.28. The second kappa shape index (κ2) is 5.08. The van der Waals surface area contributed by atoms with Crippen molar-refractivity contribution in [1.29, 1.82) is 0 Å². The molecule has 1 atom stereocenters. The molecule has 14 heavy (non-hydrogen) atoms. The molecule has 3 N–H and O–H groups in total. The lowest BCUT2D eigenvalue weighted by atomic mass is 10.3. The second-order valence-corrected chi connectivity index (χ2v) is 2.81. The maximum Gasteiger partial charge on any atom is 0.271 e. The zero-order valence-electron chi connectivity index (χ0n) is 7.84. The van der Waals surface area contributed by atoms with Crippen molar-refractivity contribution in [3.8, 4) is 0 Å². The summed E-state index contributed by atoms with van der Waals surface area (Å²) in [6, 6.07) is 3.04. The van der Waals surface area contributed by atoms with Crippen LogP contribution in [0.15, 0.2) is 29.6 Å². The lowest BCUT2D eigenvalue weighted by molar-refractivity contribution is 0.0955. The fraction of sp³-hybridized carbons (Fsp3) is 0.222. The van der Waals surface area contributed by atoms with E-state index in [0.29, 0.717) is 5.56 Å². The summed E-state index contributed by atoms with van der Waals surface area (Å²) in [6.45, 7) is 1.77. The molecule has 74 valence electrons. The predicted molar refractivity (Wildman–Crippen MR) is 53.8 cm³/mol. The molecule has 1 heterocycles. The van der Waals surface area contributed by atoms with Gasteiger partial charge >= 0.3 is 0 Å². The first-order chi connectivity index (χ1) is 6.70. The average Bonchev–Trinajstić information content (AvgIpc) is 2.18. The summed E-state index contributed by atoms with van der Waals surface area (Å²) in [7, 11) is 0. The van der Waals surface area contributed by atoms with Crippen LogP contribution in [-0.2, 0) is 0 Å². The van der Waals surface area contributed by atoms with Gasteiger partial charge in [-0.25, -0.2) is 5.43 Å². The number of nitrogens with zero attached hydrogens (tertiary/aromatic N) is 2. The van der Waals surface area contributed by atoms with Gasteiger partial charge in [0.2, 0.25) is 0 Å². The Morgan fingerprint density at radius 2 is 2.29 bits per heavy atom. The number of hydrazone groups is 1. The molecule has 1 unspecified atom stereocenters. The van der Waals surface area contributed by atoms with E-state index < -0.39 is 0 Å². The van der Waals surface area contributed by atoms with Crippen molar-refractivity contribution in [2.24, 2.45) is 10.8 Å². The van der Waals surface area contributed by atoms with Crippen LogP contribution in [-0.4, -0.2) is 23.1 Å². The van der Waals surface area contributed by atoms with Crippen LogP contribution >= 0.6 is 0 Å². The third-order valence-corrected chi connectivity index (χ3v) is 1.42. The highest BCUT2D eigenvalue weighted by molar-refractivity contribution is 5.94. The maximum absolute atomic E-state index is 11.3. The Morgan fingerprint density at radius 1 is 1.64 bits per heavy atom. The molecule has 0 aliphatic heterocycles. The minimum absolute atomic E-state index is 0.173. The van der Waals surface area contributed by atoms with Gasteiger partial charge in [-0.3, -0.25) is 9.78 Å². The number of pyridine rings is 1. The third-order valence-electron chi connectivity index (χ3n) is 1.42. The minimum atomic E-state index is -0.274. The van der Waals surface area contributed by atoms with Crippen molar-refractivity contribution < 1.29 is 4.79 Å². The summed E-state index contributed by atoms with van der Waals surface area (Å²) < 4.78 is 0. The van der Waals surface area contributed by atoms with Gasteiger partial charge in [0, 0.05) is 30.2 Å². The Labute approximate surface area is 82.0 Å². The topological polar surface area (TPSA) is 80.4 Å². The van der Waals surface area contributed by atoms with E-state index in [0.717, 1.165) is 0 Å². The summed E-state index contributed by atoms with van der Waals surface area (Å²) in [6.07, 6.45) is 4.55. The van der Waals surface area contributed by atoms with E-state index in [1.165, 1.54) is 6.21 Å². The van der Waals surface area contributed by atoms with E-state index in [1.54, 1.807) is 31.5 Å². The molecule has 0 saturated heterocycles. The molecule has 0 aliphatic carbocycles. The van der Waals surface area contributed by atoms with Crippen LogP contribution in [0.5, 0.6) is 0 Å². The monoisotopic (exact) mass is 192 g/mol. The Hall–Kier alpha value is -1.75. The predicted octanol–water partition coefficient (Wildman–Crippen LogP) is 0.144. The Bertz CT molecular complexity index is 321. The summed E-state index contributed by atoms with van der Waals surface area (Å²) >= 11 is 0. The summed E-state index contributed by atoms with van der Waals surface area (Å²) in [5, 5.41) is 3.68. The van der Waals surface area contributed by atoms with Gasteiger partial charge in [-0.2, -0.15) is 5.10 Å². The zero-order valence-corrected chi connectivity index (χ0v) is 7.84. The van der Waals surface area contributed by atoms with Gasteiger partial charge < -0.3 is 5.73 Å². The van der Waals surface area contributed by atoms with E-state index in [1.807, 2.05) is 0 Å². The minimum Gasteiger partial charge on any atom is -0.323 e. The molecule has 1 aromatic heterocycles. The Balaban J connectivity index is 2.52. The number of amides is 1. The second-order valence-electron chi connectivity index (χ2n) is 2.81. The summed E-state index contributed by atoms with van der Waals surface area (Å²) in [4.78, 5) is 15.1. The van der Waals surface area contributed by atoms with Crippen molar-refractivity contribution in [1.82, 2.24) is 10.4 Å². The van der Waals surface area contributed by atoms with Crippen LogP contribution in [0.3, 0.4) is 0 Å². The maximum atomic E-state index is 11.3. The Kier molecular flexibility index (Phi) is 3.75. The molecule has 0 aliphatic rings. The van der Waals surface area contributed by atoms with E-state index in [-0.39, 0.29) is 11.9 Å². The molecule has 1 amide bonds. The third kappa shape index (κ3) is 3.32. The fourth-order valence-corrected chi connectivity index (χ4v) is 0.781. The molecule has 1 rings (SSSR count). The van der Waals surface area contributed by atoms with Crippen LogP contribution in [0, 0.1) is 0 Å². The average molecular weight is 192 g/mol. The molecule has 0 fully saturated rings. The van der Waals surface area contributed by atoms with Crippen molar-refractivity contribution in [2.45, 2.75) is 13.0 Å². The summed E-state index contributed by atoms with van der Waals surface area (Å²) in [5.74, 6) is -0.274. The number of rotatable bonds is 3. The molecular weight excluding hydrogens is 180 g/mol. The van der Waals surface area contributed by atoms with Crippen molar-refractivity contribution in [3.05, 3.63) is 30.1 Å². The van der Waals surface area contributed by atoms with Crippen molar-refractivity contribution in [3.63, 3.8) is 0 Å². The number of aromatic nitrogens is 1. The van der Waals surface area contributed by atoms with Crippen LogP contribution < -0.4 is 11.2 Å². The van der Waals surface area contributed by atoms with Gasteiger partial charge in [-0.05, 0) is 19.1 Å². The standard InChI is InChI=1S/C9H12N4O/c1-7(10)6-12-13-9(14)8-2-4-11-5-3-8/h2-7H,10H2,1H3,(H,13,14). The van der Waals surface area contributed by atoms with Gasteiger partial charge in [-0.15, -0.1) is 0 Å². The molecule has 5 heteroatoms. The van der Waals surface area contributed by atoms with Crippen molar-refractivity contribution >= 4 is 12.1 Å². The SMILES string of the molecule is CC(N)C=NNC(=O)c1ccncc1. The molecule has 5 nitrogen and oxygen atoms in total. The first-order valence-electron chi connectivity index (χ1n) is 4.19. The van der Waals surface area contributed by atoms with Crippen molar-refractivity contribution in [2.75, 3.05) is 0 Å². The number of hydrogen-bond donors (Lipinski definition) is 2. The van der Waals surface area contributed by atoms with Gasteiger partial charge in [-0.1, -0.05) is 0 Å². The lowest BCUT2D eigenvalue weighted by Gasteiger charge is -1.99. The smallest absolute Gasteiger partial charge is 0.271 e. The highest BCUT2D eigenvalue weighted by Gasteiger charge is 2.01. The highest BCUT2D eigenvalue weighted by atomic mass is 16.2. The van der Waals surface area contributed by atoms with E-state index >= 15 is 0 Å². The quantitative estimate of drug-likeness (QED) is 0.528. The Morgan fingerprint density at radius 3 is 2.86 bits per heavy atom. The largest absolute Gasteiger partial charge is 0.323 e. The number of carbonyl (C=O) groups is 1. The van der Waals surface area contributed by atoms with Gasteiger partial charge in [0.25, 0.3) is 5.91 Å². The van der Waals surface area contributed by atoms with E-state index in [9.17, 15) is 4.79 Å². The van der Waals surface area contributed by atoms with Crippen LogP contribution in [0.1, 0.15) is 17.3 Å². The fourth-order valence-electron chi connectivity index (χ4n) is 0.781. The van der Waals surface area contributed by atoms with Crippen LogP contribution in [0.2, 0.25) is 0 Å². The molecule has 0 spiro atoms. The number of hydrogen-bond acceptors (Lipinski definition) is 4. The van der Waals surface area contributed by atoms with Crippen LogP contribution in [0.4, 0.5) is 0 Å². The normalized spacial score (nSPS) is 12.7. The molecule has 0 bridgehead atoms. The number of nitrogens with two attached hydrogens (primary N) is 1. The van der Waals surface area contributed by atoms with E-state index in [4.69, 9.17) is 5.73 Å². The van der Waals surface area contributed by atoms with Crippen LogP contribution in [0.25, 0.3) is 0 Å². The van der Waals surface area contributed by atoms with E-state index in [2.05, 4.69) is 15.5 Å². The zero-order chi connectivity index (χ0) is 10.4. The number of nitrogens with one attached hydrogen (secondary N) is 1. The molecule has 0 radical (unpaired) electrons.